The number of aliphatic hydroxyl groups excluding tert-OH is 1. The third-order valence-corrected chi connectivity index (χ3v) is 10.3. The van der Waals surface area contributed by atoms with Gasteiger partial charge >= 0.3 is 0 Å². The summed E-state index contributed by atoms with van der Waals surface area (Å²) < 4.78 is 13.2. The fraction of sp³-hybridized carbons (Fsp3) is 0.409. The Morgan fingerprint density at radius 1 is 0.736 bits per heavy atom. The molecule has 2 saturated heterocycles. The number of carbonyl (C=O) groups excluding carboxylic acids is 2. The number of ether oxygens (including phenoxy) is 2. The number of hydrogen-bond donors (Lipinski definition) is 4. The molecule has 9 heteroatoms. The van der Waals surface area contributed by atoms with E-state index in [1.54, 1.807) is 12.1 Å². The third kappa shape index (κ3) is 11.5. The first-order valence-corrected chi connectivity index (χ1v) is 19.3. The molecule has 2 heterocycles. The molecular formula is C44H54N4O5. The first kappa shape index (κ1) is 38.2. The van der Waals surface area contributed by atoms with E-state index < -0.39 is 6.29 Å². The van der Waals surface area contributed by atoms with Gasteiger partial charge in [-0.2, -0.15) is 0 Å². The van der Waals surface area contributed by atoms with Gasteiger partial charge in [-0.1, -0.05) is 98.1 Å². The van der Waals surface area contributed by atoms with Crippen LogP contribution in [0.4, 0.5) is 11.4 Å². The number of benzene rings is 4. The lowest BCUT2D eigenvalue weighted by Crippen LogP contribution is -2.41. The van der Waals surface area contributed by atoms with Gasteiger partial charge in [-0.15, -0.1) is 0 Å². The summed E-state index contributed by atoms with van der Waals surface area (Å²) >= 11 is 0. The Morgan fingerprint density at radius 3 is 2.19 bits per heavy atom. The van der Waals surface area contributed by atoms with Crippen molar-refractivity contribution in [3.8, 4) is 11.1 Å². The fourth-order valence-electron chi connectivity index (χ4n) is 7.19. The van der Waals surface area contributed by atoms with E-state index in [0.29, 0.717) is 30.8 Å². The lowest BCUT2D eigenvalue weighted by Gasteiger charge is -2.39. The van der Waals surface area contributed by atoms with Gasteiger partial charge in [0.2, 0.25) is 11.8 Å². The highest BCUT2D eigenvalue weighted by molar-refractivity contribution is 5.93. The highest BCUT2D eigenvalue weighted by Gasteiger charge is 2.33. The Kier molecular flexibility index (Phi) is 14.1. The summed E-state index contributed by atoms with van der Waals surface area (Å²) in [6, 6.07) is 32.0. The SMILES string of the molecule is Nc1ccccc1NC(=O)CCCCCCC(=O)NCc1cccc(-c2ccc(C3OC(CN4CCCCC4)CC(c4ccc(CO)cc4)O3)cc2)c1. The quantitative estimate of drug-likeness (QED) is 0.0682. The molecule has 0 radical (unpaired) electrons. The average Bonchev–Trinajstić information content (AvgIpc) is 3.20. The van der Waals surface area contributed by atoms with Crippen molar-refractivity contribution in [2.45, 2.75) is 95.9 Å². The first-order chi connectivity index (χ1) is 25.9. The Balaban J connectivity index is 0.969. The summed E-state index contributed by atoms with van der Waals surface area (Å²) in [6.45, 7) is 3.63. The van der Waals surface area contributed by atoms with E-state index in [1.165, 1.54) is 19.3 Å². The predicted molar refractivity (Wildman–Crippen MR) is 210 cm³/mol. The number of unbranched alkanes of at least 4 members (excludes halogenated alkanes) is 3. The molecule has 0 aliphatic carbocycles. The van der Waals surface area contributed by atoms with Crippen molar-refractivity contribution in [2.24, 2.45) is 0 Å². The number of para-hydroxylation sites is 2. The Morgan fingerprint density at radius 2 is 1.45 bits per heavy atom. The summed E-state index contributed by atoms with van der Waals surface area (Å²) in [4.78, 5) is 27.3. The Bertz CT molecular complexity index is 1760. The molecule has 5 N–H and O–H groups in total. The van der Waals surface area contributed by atoms with E-state index in [2.05, 4.69) is 64.1 Å². The number of likely N-dealkylation sites (tertiary alicyclic amines) is 1. The molecule has 53 heavy (non-hydrogen) atoms. The molecule has 280 valence electrons. The molecule has 6 rings (SSSR count). The van der Waals surface area contributed by atoms with Crippen LogP contribution < -0.4 is 16.4 Å². The van der Waals surface area contributed by atoms with E-state index in [0.717, 1.165) is 85.1 Å². The molecule has 4 aromatic rings. The van der Waals surface area contributed by atoms with Gasteiger partial charge in [0.05, 0.1) is 30.2 Å². The number of carbonyl (C=O) groups is 2. The standard InChI is InChI=1S/C44H54N4O5/c45-39-13-6-7-14-40(39)47-43(51)16-5-2-1-4-15-42(50)46-29-33-11-10-12-37(27-33)34-21-23-36(24-22-34)44-52-38(30-48-25-8-3-9-26-48)28-41(53-44)35-19-17-32(31-49)18-20-35/h6-7,10-14,17-24,27,38,41,44,49H,1-5,8-9,15-16,25-26,28-31,45H2,(H,46,50)(H,47,51). The molecule has 2 amide bonds. The number of amides is 2. The minimum Gasteiger partial charge on any atom is -0.397 e. The van der Waals surface area contributed by atoms with Gasteiger partial charge in [0.15, 0.2) is 6.29 Å². The van der Waals surface area contributed by atoms with Crippen LogP contribution in [0.15, 0.2) is 97.1 Å². The number of rotatable bonds is 16. The molecule has 0 aromatic heterocycles. The highest BCUT2D eigenvalue weighted by Crippen LogP contribution is 2.39. The van der Waals surface area contributed by atoms with Gasteiger partial charge in [-0.05, 0) is 84.8 Å². The topological polar surface area (TPSA) is 126 Å². The zero-order valence-corrected chi connectivity index (χ0v) is 30.7. The Hall–Kier alpha value is -4.54. The van der Waals surface area contributed by atoms with Gasteiger partial charge in [-0.3, -0.25) is 9.59 Å². The van der Waals surface area contributed by atoms with E-state index in [1.807, 2.05) is 36.4 Å². The molecule has 4 aromatic carbocycles. The smallest absolute Gasteiger partial charge is 0.224 e. The van der Waals surface area contributed by atoms with E-state index in [4.69, 9.17) is 15.2 Å². The number of nitrogens with two attached hydrogens (primary N) is 1. The molecule has 9 nitrogen and oxygen atoms in total. The number of anilines is 2. The second-order valence-electron chi connectivity index (χ2n) is 14.4. The lowest BCUT2D eigenvalue weighted by molar-refractivity contribution is -0.253. The lowest BCUT2D eigenvalue weighted by atomic mass is 9.98. The van der Waals surface area contributed by atoms with Crippen LogP contribution in [0.2, 0.25) is 0 Å². The molecule has 2 fully saturated rings. The molecule has 3 atom stereocenters. The molecule has 0 spiro atoms. The van der Waals surface area contributed by atoms with Gasteiger partial charge in [0.25, 0.3) is 0 Å². The van der Waals surface area contributed by atoms with Crippen molar-refractivity contribution in [3.63, 3.8) is 0 Å². The van der Waals surface area contributed by atoms with Crippen LogP contribution in [-0.4, -0.2) is 47.6 Å². The van der Waals surface area contributed by atoms with Crippen molar-refractivity contribution in [3.05, 3.63) is 119 Å². The Labute approximate surface area is 313 Å². The zero-order chi connectivity index (χ0) is 36.8. The molecule has 3 unspecified atom stereocenters. The number of nitrogens with zero attached hydrogens (tertiary/aromatic N) is 1. The molecule has 0 saturated carbocycles. The zero-order valence-electron chi connectivity index (χ0n) is 30.7. The van der Waals surface area contributed by atoms with Crippen LogP contribution in [0.25, 0.3) is 11.1 Å². The average molecular weight is 719 g/mol. The third-order valence-electron chi connectivity index (χ3n) is 10.3. The van der Waals surface area contributed by atoms with Gasteiger partial charge < -0.3 is 35.8 Å². The van der Waals surface area contributed by atoms with Crippen LogP contribution in [0.3, 0.4) is 0 Å². The largest absolute Gasteiger partial charge is 0.397 e. The fourth-order valence-corrected chi connectivity index (χ4v) is 7.19. The van der Waals surface area contributed by atoms with Gasteiger partial charge in [0, 0.05) is 37.9 Å². The normalized spacial score (nSPS) is 19.1. The van der Waals surface area contributed by atoms with E-state index >= 15 is 0 Å². The van der Waals surface area contributed by atoms with Crippen molar-refractivity contribution >= 4 is 23.2 Å². The number of aliphatic hydroxyl groups is 1. The summed E-state index contributed by atoms with van der Waals surface area (Å²) in [6.07, 6.45) is 8.31. The predicted octanol–water partition coefficient (Wildman–Crippen LogP) is 8.05. The number of nitrogen functional groups attached to an aromatic ring is 1. The first-order valence-electron chi connectivity index (χ1n) is 19.3. The van der Waals surface area contributed by atoms with Crippen molar-refractivity contribution < 1.29 is 24.2 Å². The number of piperidine rings is 1. The van der Waals surface area contributed by atoms with Gasteiger partial charge in [-0.25, -0.2) is 0 Å². The van der Waals surface area contributed by atoms with Crippen molar-refractivity contribution in [1.29, 1.82) is 0 Å². The minimum absolute atomic E-state index is 0.0250. The van der Waals surface area contributed by atoms with Crippen LogP contribution in [0, 0.1) is 0 Å². The maximum Gasteiger partial charge on any atom is 0.224 e. The van der Waals surface area contributed by atoms with Crippen LogP contribution in [0.1, 0.15) is 98.9 Å². The molecular weight excluding hydrogens is 665 g/mol. The summed E-state index contributed by atoms with van der Waals surface area (Å²) in [5.74, 6) is -0.00971. The summed E-state index contributed by atoms with van der Waals surface area (Å²) in [5.41, 5.74) is 13.3. The van der Waals surface area contributed by atoms with Crippen LogP contribution in [0.5, 0.6) is 0 Å². The van der Waals surface area contributed by atoms with Crippen molar-refractivity contribution in [1.82, 2.24) is 10.2 Å². The van der Waals surface area contributed by atoms with Gasteiger partial charge in [0.1, 0.15) is 0 Å². The van der Waals surface area contributed by atoms with Crippen LogP contribution in [-0.2, 0) is 32.2 Å². The molecule has 2 aliphatic heterocycles. The maximum atomic E-state index is 12.6. The summed E-state index contributed by atoms with van der Waals surface area (Å²) in [7, 11) is 0. The van der Waals surface area contributed by atoms with Crippen molar-refractivity contribution in [2.75, 3.05) is 30.7 Å². The molecule has 0 bridgehead atoms. The highest BCUT2D eigenvalue weighted by atomic mass is 16.7. The van der Waals surface area contributed by atoms with E-state index in [9.17, 15) is 14.7 Å². The summed E-state index contributed by atoms with van der Waals surface area (Å²) in [5, 5.41) is 15.5. The maximum absolute atomic E-state index is 12.6. The minimum atomic E-state index is -0.476. The molecule has 2 aliphatic rings. The van der Waals surface area contributed by atoms with E-state index in [-0.39, 0.29) is 30.6 Å². The monoisotopic (exact) mass is 718 g/mol. The van der Waals surface area contributed by atoms with Crippen LogP contribution >= 0.6 is 0 Å². The number of nitrogens with one attached hydrogen (secondary N) is 2. The second-order valence-corrected chi connectivity index (χ2v) is 14.4. The second kappa shape index (κ2) is 19.5. The number of hydrogen-bond acceptors (Lipinski definition) is 7.